The number of aryl methyl sites for hydroxylation is 1. The Morgan fingerprint density at radius 1 is 0.962 bits per heavy atom. The lowest BCUT2D eigenvalue weighted by molar-refractivity contribution is -0.116. The van der Waals surface area contributed by atoms with Gasteiger partial charge in [0.15, 0.2) is 5.78 Å². The minimum atomic E-state index is -0.117. The fraction of sp³-hybridized carbons (Fsp3) is 0.429. The van der Waals surface area contributed by atoms with Gasteiger partial charge >= 0.3 is 0 Å². The van der Waals surface area contributed by atoms with E-state index in [2.05, 4.69) is 22.3 Å². The summed E-state index contributed by atoms with van der Waals surface area (Å²) in [5, 5.41) is 2.89. The van der Waals surface area contributed by atoms with Crippen molar-refractivity contribution < 1.29 is 9.59 Å². The van der Waals surface area contributed by atoms with Crippen LogP contribution in [-0.2, 0) is 4.79 Å². The van der Waals surface area contributed by atoms with Crippen LogP contribution < -0.4 is 10.2 Å². The summed E-state index contributed by atoms with van der Waals surface area (Å²) in [4.78, 5) is 28.5. The fourth-order valence-corrected chi connectivity index (χ4v) is 4.08. The highest BCUT2D eigenvalue weighted by atomic mass is 32.1. The van der Waals surface area contributed by atoms with Gasteiger partial charge in [-0.3, -0.25) is 9.59 Å². The zero-order valence-electron chi connectivity index (χ0n) is 15.3. The van der Waals surface area contributed by atoms with Gasteiger partial charge in [-0.1, -0.05) is 12.8 Å². The Morgan fingerprint density at radius 2 is 1.65 bits per heavy atom. The Labute approximate surface area is 159 Å². The number of hydrogen-bond donors (Lipinski definition) is 1. The predicted molar refractivity (Wildman–Crippen MR) is 108 cm³/mol. The quantitative estimate of drug-likeness (QED) is 0.725. The molecule has 0 radical (unpaired) electrons. The number of anilines is 2. The summed E-state index contributed by atoms with van der Waals surface area (Å²) in [5.74, 6) is -0.0797. The number of thiophene rings is 1. The minimum absolute atomic E-state index is 0.0368. The molecule has 1 fully saturated rings. The molecule has 1 aromatic carbocycles. The summed E-state index contributed by atoms with van der Waals surface area (Å²) in [6.07, 6.45) is 5.58. The molecule has 1 aliphatic rings. The molecule has 26 heavy (non-hydrogen) atoms. The highest BCUT2D eigenvalue weighted by Gasteiger charge is 2.12. The van der Waals surface area contributed by atoms with E-state index in [1.165, 1.54) is 42.7 Å². The zero-order valence-corrected chi connectivity index (χ0v) is 16.1. The molecule has 0 unspecified atom stereocenters. The van der Waals surface area contributed by atoms with E-state index in [4.69, 9.17) is 0 Å². The summed E-state index contributed by atoms with van der Waals surface area (Å²) in [6.45, 7) is 4.19. The Hall–Kier alpha value is -2.14. The first-order valence-electron chi connectivity index (χ1n) is 9.36. The van der Waals surface area contributed by atoms with Gasteiger partial charge in [0.05, 0.1) is 4.88 Å². The number of ketones is 1. The number of nitrogens with one attached hydrogen (secondary N) is 1. The van der Waals surface area contributed by atoms with Crippen LogP contribution in [0.4, 0.5) is 11.4 Å². The fourth-order valence-electron chi connectivity index (χ4n) is 3.24. The van der Waals surface area contributed by atoms with Crippen molar-refractivity contribution in [3.05, 3.63) is 46.2 Å². The second kappa shape index (κ2) is 8.99. The SMILES string of the molecule is Cc1ccc(C(=O)CCC(=O)Nc2ccc(N3CCCCCC3)cc2)s1. The standard InChI is InChI=1S/C21H26N2O2S/c1-16-6-12-20(26-16)19(24)11-13-21(25)22-17-7-9-18(10-8-17)23-14-4-2-3-5-15-23/h6-10,12H,2-5,11,13-15H2,1H3,(H,22,25). The lowest BCUT2D eigenvalue weighted by Gasteiger charge is -2.22. The van der Waals surface area contributed by atoms with Crippen molar-refractivity contribution in [1.82, 2.24) is 0 Å². The third kappa shape index (κ3) is 5.18. The molecule has 0 spiro atoms. The number of rotatable bonds is 6. The highest BCUT2D eigenvalue weighted by molar-refractivity contribution is 7.14. The number of hydrogen-bond acceptors (Lipinski definition) is 4. The van der Waals surface area contributed by atoms with E-state index < -0.39 is 0 Å². The molecule has 0 aliphatic carbocycles. The van der Waals surface area contributed by atoms with Gasteiger partial charge in [-0.2, -0.15) is 0 Å². The maximum atomic E-state index is 12.1. The molecule has 1 saturated heterocycles. The lowest BCUT2D eigenvalue weighted by Crippen LogP contribution is -2.23. The van der Waals surface area contributed by atoms with Crippen molar-refractivity contribution in [1.29, 1.82) is 0 Å². The molecule has 1 amide bonds. The molecule has 0 atom stereocenters. The first-order valence-corrected chi connectivity index (χ1v) is 10.2. The number of Topliss-reactive ketones (excluding diaryl/α,β-unsaturated/α-hetero) is 1. The van der Waals surface area contributed by atoms with E-state index in [-0.39, 0.29) is 24.5 Å². The smallest absolute Gasteiger partial charge is 0.224 e. The van der Waals surface area contributed by atoms with Gasteiger partial charge in [0, 0.05) is 42.2 Å². The summed E-state index contributed by atoms with van der Waals surface area (Å²) < 4.78 is 0. The zero-order chi connectivity index (χ0) is 18.4. The van der Waals surface area contributed by atoms with E-state index in [0.29, 0.717) is 0 Å². The topological polar surface area (TPSA) is 49.4 Å². The van der Waals surface area contributed by atoms with Crippen LogP contribution in [0, 0.1) is 6.92 Å². The van der Waals surface area contributed by atoms with Gasteiger partial charge in [0.2, 0.25) is 5.91 Å². The number of carbonyl (C=O) groups is 2. The summed E-state index contributed by atoms with van der Waals surface area (Å²) in [7, 11) is 0. The normalized spacial score (nSPS) is 14.7. The van der Waals surface area contributed by atoms with Crippen molar-refractivity contribution in [3.8, 4) is 0 Å². The molecule has 5 heteroatoms. The van der Waals surface area contributed by atoms with Crippen LogP contribution in [0.25, 0.3) is 0 Å². The first-order chi connectivity index (χ1) is 12.6. The van der Waals surface area contributed by atoms with Gasteiger partial charge in [0.1, 0.15) is 0 Å². The Kier molecular flexibility index (Phi) is 6.45. The van der Waals surface area contributed by atoms with Crippen molar-refractivity contribution in [2.24, 2.45) is 0 Å². The molecule has 1 aliphatic heterocycles. The summed E-state index contributed by atoms with van der Waals surface area (Å²) >= 11 is 1.48. The van der Waals surface area contributed by atoms with Crippen molar-refractivity contribution in [3.63, 3.8) is 0 Å². The predicted octanol–water partition coefficient (Wildman–Crippen LogP) is 5.04. The van der Waals surface area contributed by atoms with Crippen LogP contribution in [0.5, 0.6) is 0 Å². The number of amides is 1. The second-order valence-electron chi connectivity index (χ2n) is 6.83. The lowest BCUT2D eigenvalue weighted by atomic mass is 10.2. The minimum Gasteiger partial charge on any atom is -0.372 e. The van der Waals surface area contributed by atoms with Crippen LogP contribution in [0.2, 0.25) is 0 Å². The van der Waals surface area contributed by atoms with Crippen molar-refractivity contribution >= 4 is 34.4 Å². The highest BCUT2D eigenvalue weighted by Crippen LogP contribution is 2.22. The van der Waals surface area contributed by atoms with Gasteiger partial charge in [-0.25, -0.2) is 0 Å². The van der Waals surface area contributed by atoms with E-state index in [9.17, 15) is 9.59 Å². The maximum absolute atomic E-state index is 12.1. The van der Waals surface area contributed by atoms with E-state index >= 15 is 0 Å². The van der Waals surface area contributed by atoms with E-state index in [1.54, 1.807) is 0 Å². The second-order valence-corrected chi connectivity index (χ2v) is 8.12. The summed E-state index contributed by atoms with van der Waals surface area (Å²) in [6, 6.07) is 11.8. The van der Waals surface area contributed by atoms with Gasteiger partial charge in [-0.05, 0) is 56.2 Å². The Balaban J connectivity index is 1.48. The average Bonchev–Trinajstić information content (AvgIpc) is 2.91. The van der Waals surface area contributed by atoms with Crippen LogP contribution in [0.1, 0.15) is 53.1 Å². The Bertz CT molecular complexity index is 744. The van der Waals surface area contributed by atoms with Gasteiger partial charge in [-0.15, -0.1) is 11.3 Å². The molecule has 0 saturated carbocycles. The molecule has 0 bridgehead atoms. The molecular weight excluding hydrogens is 344 g/mol. The van der Waals surface area contributed by atoms with Crippen LogP contribution in [-0.4, -0.2) is 24.8 Å². The number of benzene rings is 1. The van der Waals surface area contributed by atoms with Crippen LogP contribution >= 0.6 is 11.3 Å². The monoisotopic (exact) mass is 370 g/mol. The third-order valence-electron chi connectivity index (χ3n) is 4.72. The van der Waals surface area contributed by atoms with Crippen molar-refractivity contribution in [2.75, 3.05) is 23.3 Å². The Morgan fingerprint density at radius 3 is 2.27 bits per heavy atom. The largest absolute Gasteiger partial charge is 0.372 e. The van der Waals surface area contributed by atoms with Crippen LogP contribution in [0.3, 0.4) is 0 Å². The molecule has 1 aromatic heterocycles. The molecule has 1 N–H and O–H groups in total. The number of carbonyl (C=O) groups excluding carboxylic acids is 2. The molecule has 2 heterocycles. The molecular formula is C21H26N2O2S. The van der Waals surface area contributed by atoms with E-state index in [1.807, 2.05) is 31.2 Å². The first kappa shape index (κ1) is 18.6. The van der Waals surface area contributed by atoms with Gasteiger partial charge < -0.3 is 10.2 Å². The summed E-state index contributed by atoms with van der Waals surface area (Å²) in [5.41, 5.74) is 2.00. The molecule has 138 valence electrons. The third-order valence-corrected chi connectivity index (χ3v) is 5.76. The van der Waals surface area contributed by atoms with Gasteiger partial charge in [0.25, 0.3) is 0 Å². The molecule has 2 aromatic rings. The molecule has 3 rings (SSSR count). The maximum Gasteiger partial charge on any atom is 0.224 e. The van der Waals surface area contributed by atoms with Crippen LogP contribution in [0.15, 0.2) is 36.4 Å². The average molecular weight is 371 g/mol. The van der Waals surface area contributed by atoms with Crippen molar-refractivity contribution in [2.45, 2.75) is 45.4 Å². The molecule has 4 nitrogen and oxygen atoms in total. The number of nitrogens with zero attached hydrogens (tertiary/aromatic N) is 1. The van der Waals surface area contributed by atoms with E-state index in [0.717, 1.165) is 28.5 Å².